The number of aliphatic hydroxyl groups is 7. The van der Waals surface area contributed by atoms with Crippen molar-refractivity contribution < 1.29 is 50.0 Å². The first-order chi connectivity index (χ1) is 13.1. The lowest BCUT2D eigenvalue weighted by Gasteiger charge is -2.40. The highest BCUT2D eigenvalue weighted by Crippen LogP contribution is 2.22. The van der Waals surface area contributed by atoms with Crippen LogP contribution >= 0.6 is 0 Å². The molecule has 28 heavy (non-hydrogen) atoms. The smallest absolute Gasteiger partial charge is 0.186 e. The Morgan fingerprint density at radius 1 is 1.07 bits per heavy atom. The van der Waals surface area contributed by atoms with Gasteiger partial charge in [0.2, 0.25) is 0 Å². The Balaban J connectivity index is 2.73. The first-order valence-corrected chi connectivity index (χ1v) is 9.15. The van der Waals surface area contributed by atoms with Crippen LogP contribution in [0.25, 0.3) is 0 Å². The van der Waals surface area contributed by atoms with Gasteiger partial charge in [0.15, 0.2) is 12.6 Å². The second kappa shape index (κ2) is 12.3. The molecular formula is C17H33NO10. The summed E-state index contributed by atoms with van der Waals surface area (Å²) in [5.41, 5.74) is 0. The highest BCUT2D eigenvalue weighted by atomic mass is 16.7. The molecule has 1 rings (SSSR count). The lowest BCUT2D eigenvalue weighted by atomic mass is 9.97. The van der Waals surface area contributed by atoms with Crippen molar-refractivity contribution in [1.29, 1.82) is 0 Å². The fourth-order valence-electron chi connectivity index (χ4n) is 2.81. The van der Waals surface area contributed by atoms with E-state index < -0.39 is 61.9 Å². The minimum absolute atomic E-state index is 0.110. The van der Waals surface area contributed by atoms with E-state index in [4.69, 9.17) is 26.2 Å². The minimum Gasteiger partial charge on any atom is -0.394 e. The molecule has 166 valence electrons. The molecule has 1 heterocycles. The molecule has 1 aliphatic heterocycles. The maximum absolute atomic E-state index is 10.4. The van der Waals surface area contributed by atoms with E-state index in [2.05, 4.69) is 5.32 Å². The summed E-state index contributed by atoms with van der Waals surface area (Å²) in [6, 6.07) is -0.917. The quantitative estimate of drug-likeness (QED) is 0.149. The van der Waals surface area contributed by atoms with Crippen molar-refractivity contribution in [2.45, 2.75) is 75.5 Å². The van der Waals surface area contributed by atoms with Gasteiger partial charge in [0, 0.05) is 6.92 Å². The van der Waals surface area contributed by atoms with E-state index >= 15 is 0 Å². The molecule has 1 aliphatic rings. The van der Waals surface area contributed by atoms with Crippen molar-refractivity contribution in [1.82, 2.24) is 5.32 Å². The zero-order valence-electron chi connectivity index (χ0n) is 16.0. The van der Waals surface area contributed by atoms with Crippen LogP contribution in [0.1, 0.15) is 20.3 Å². The van der Waals surface area contributed by atoms with Crippen molar-refractivity contribution >= 4 is 0 Å². The normalized spacial score (nSPS) is 32.9. The molecule has 0 aromatic carbocycles. The van der Waals surface area contributed by atoms with Gasteiger partial charge in [-0.1, -0.05) is 13.8 Å². The Kier molecular flexibility index (Phi) is 11.2. The summed E-state index contributed by atoms with van der Waals surface area (Å²) in [4.78, 5) is 0. The van der Waals surface area contributed by atoms with Gasteiger partial charge in [0.25, 0.3) is 0 Å². The zero-order chi connectivity index (χ0) is 21.4. The van der Waals surface area contributed by atoms with E-state index in [-0.39, 0.29) is 19.3 Å². The first-order valence-electron chi connectivity index (χ1n) is 9.15. The van der Waals surface area contributed by atoms with Crippen molar-refractivity contribution in [3.8, 4) is 0 Å². The minimum atomic E-state index is -1.60. The van der Waals surface area contributed by atoms with Gasteiger partial charge in [-0.05, 0) is 12.3 Å². The second-order valence-corrected chi connectivity index (χ2v) is 7.23. The summed E-state index contributed by atoms with van der Waals surface area (Å²) >= 11 is 0. The van der Waals surface area contributed by atoms with E-state index in [1.165, 1.54) is 0 Å². The van der Waals surface area contributed by atoms with Crippen LogP contribution in [0.3, 0.4) is 0 Å². The van der Waals surface area contributed by atoms with Crippen LogP contribution in [0.2, 0.25) is 0 Å². The molecule has 0 aliphatic carbocycles. The van der Waals surface area contributed by atoms with Gasteiger partial charge in [0.05, 0.1) is 31.5 Å². The average Bonchev–Trinajstić information content (AvgIpc) is 2.62. The van der Waals surface area contributed by atoms with Crippen LogP contribution in [0.15, 0.2) is 0 Å². The molecule has 0 aromatic heterocycles. The topological polar surface area (TPSA) is 181 Å². The molecule has 7 unspecified atom stereocenters. The van der Waals surface area contributed by atoms with Crippen LogP contribution in [-0.2, 0) is 14.2 Å². The van der Waals surface area contributed by atoms with Crippen LogP contribution in [0.5, 0.6) is 0 Å². The van der Waals surface area contributed by atoms with Crippen LogP contribution in [0.4, 0.5) is 0 Å². The summed E-state index contributed by atoms with van der Waals surface area (Å²) < 4.78 is 15.4. The van der Waals surface area contributed by atoms with E-state index in [1.54, 1.807) is 0 Å². The molecular weight excluding hydrogens is 378 g/mol. The van der Waals surface area contributed by atoms with Gasteiger partial charge in [-0.25, -0.2) is 0 Å². The lowest BCUT2D eigenvalue weighted by Crippen LogP contribution is -2.60. The van der Waals surface area contributed by atoms with Gasteiger partial charge < -0.3 is 50.0 Å². The monoisotopic (exact) mass is 411 g/mol. The molecule has 0 aromatic rings. The molecule has 1 saturated heterocycles. The Bertz CT molecular complexity index is 425. The Morgan fingerprint density at radius 3 is 2.25 bits per heavy atom. The number of rotatable bonds is 12. The summed E-state index contributed by atoms with van der Waals surface area (Å²) in [6.07, 6.45) is -10.9. The second-order valence-electron chi connectivity index (χ2n) is 7.23. The van der Waals surface area contributed by atoms with Gasteiger partial charge in [-0.3, -0.25) is 5.32 Å². The zero-order valence-corrected chi connectivity index (χ0v) is 16.0. The summed E-state index contributed by atoms with van der Waals surface area (Å²) in [7, 11) is 0. The number of nitrogens with one attached hydrogen (secondary N) is 1. The molecule has 9 atom stereocenters. The fourth-order valence-corrected chi connectivity index (χ4v) is 2.81. The van der Waals surface area contributed by atoms with Crippen molar-refractivity contribution in [2.75, 3.05) is 19.9 Å². The summed E-state index contributed by atoms with van der Waals surface area (Å²) in [5.74, 6) is 0.110. The Hall–Kier alpha value is -0.440. The predicted molar refractivity (Wildman–Crippen MR) is 94.4 cm³/mol. The highest BCUT2D eigenvalue weighted by Gasteiger charge is 2.44. The van der Waals surface area contributed by atoms with E-state index in [0.717, 1.165) is 0 Å². The Morgan fingerprint density at radius 2 is 1.71 bits per heavy atom. The fraction of sp³-hybridized carbons (Fsp3) is 0.941. The van der Waals surface area contributed by atoms with E-state index in [9.17, 15) is 30.6 Å². The lowest BCUT2D eigenvalue weighted by molar-refractivity contribution is -0.303. The molecule has 0 saturated carbocycles. The van der Waals surface area contributed by atoms with Crippen molar-refractivity contribution in [3.05, 3.63) is 6.92 Å². The number of aliphatic hydroxyl groups excluding tert-OH is 7. The molecule has 2 radical (unpaired) electrons. The number of ether oxygens (including phenoxy) is 3. The number of hydrogen-bond donors (Lipinski definition) is 8. The van der Waals surface area contributed by atoms with Gasteiger partial charge in [-0.2, -0.15) is 0 Å². The molecule has 1 fully saturated rings. The SMILES string of the molecule is [CH]C(O)OCNC(CO[C@@H]1OC(CO)[C@H](O)C(O)C1O)C(O)C(O)CC(C)C. The molecule has 0 bridgehead atoms. The third kappa shape index (κ3) is 7.76. The van der Waals surface area contributed by atoms with E-state index in [0.29, 0.717) is 6.42 Å². The van der Waals surface area contributed by atoms with Crippen LogP contribution in [-0.4, -0.2) is 111 Å². The van der Waals surface area contributed by atoms with Crippen molar-refractivity contribution in [3.63, 3.8) is 0 Å². The van der Waals surface area contributed by atoms with Gasteiger partial charge >= 0.3 is 0 Å². The molecule has 0 amide bonds. The predicted octanol–water partition coefficient (Wildman–Crippen LogP) is -3.47. The molecule has 8 N–H and O–H groups in total. The standard InChI is InChI=1S/C17H33NO10/c1-8(2)4-11(21)13(22)10(18-7-27-9(3)20)6-26-17-16(25)15(24)14(23)12(5-19)28-17/h3,8-25H,4-7H2,1-2H3/t9?,10?,11?,12?,13?,14-,15?,16?,17+/m0/s1. The molecule has 0 spiro atoms. The average molecular weight is 411 g/mol. The summed E-state index contributed by atoms with van der Waals surface area (Å²) in [6.45, 7) is 7.63. The highest BCUT2D eigenvalue weighted by molar-refractivity contribution is 4.89. The van der Waals surface area contributed by atoms with Crippen molar-refractivity contribution in [2.24, 2.45) is 5.92 Å². The van der Waals surface area contributed by atoms with Crippen LogP contribution < -0.4 is 5.32 Å². The van der Waals surface area contributed by atoms with Gasteiger partial charge in [-0.15, -0.1) is 0 Å². The third-order valence-corrected chi connectivity index (χ3v) is 4.41. The van der Waals surface area contributed by atoms with Gasteiger partial charge in [0.1, 0.15) is 31.1 Å². The molecule has 11 nitrogen and oxygen atoms in total. The Labute approximate surface area is 164 Å². The van der Waals surface area contributed by atoms with Crippen LogP contribution in [0, 0.1) is 12.8 Å². The first kappa shape index (κ1) is 25.6. The van der Waals surface area contributed by atoms with E-state index in [1.807, 2.05) is 13.8 Å². The molecule has 11 heteroatoms. The largest absolute Gasteiger partial charge is 0.394 e. The number of hydrogen-bond acceptors (Lipinski definition) is 11. The maximum Gasteiger partial charge on any atom is 0.186 e. The third-order valence-electron chi connectivity index (χ3n) is 4.41. The maximum atomic E-state index is 10.4. The summed E-state index contributed by atoms with van der Waals surface area (Å²) in [5, 5.41) is 71.0.